The first-order valence-corrected chi connectivity index (χ1v) is 4.93. The van der Waals surface area contributed by atoms with Crippen molar-refractivity contribution in [3.05, 3.63) is 29.8 Å². The second-order valence-electron chi connectivity index (χ2n) is 2.28. The van der Waals surface area contributed by atoms with Gasteiger partial charge in [-0.25, -0.2) is 0 Å². The molecule has 82 valence electrons. The minimum absolute atomic E-state index is 0.638. The van der Waals surface area contributed by atoms with Crippen molar-refractivity contribution in [3.8, 4) is 6.07 Å². The Morgan fingerprint density at radius 3 is 1.93 bits per heavy atom. The molecule has 0 bridgehead atoms. The van der Waals surface area contributed by atoms with E-state index in [1.807, 2.05) is 6.07 Å². The SMILES string of the molecule is N#Cc1ccc(NN)cc1.O=S(=O)(O)O. The monoisotopic (exact) mass is 231 g/mol. The Hall–Kier alpha value is -1.66. The van der Waals surface area contributed by atoms with Crippen molar-refractivity contribution in [2.75, 3.05) is 5.43 Å². The van der Waals surface area contributed by atoms with Crippen LogP contribution in [0.2, 0.25) is 0 Å². The van der Waals surface area contributed by atoms with Crippen LogP contribution in [-0.4, -0.2) is 17.5 Å². The van der Waals surface area contributed by atoms with Crippen LogP contribution in [0.25, 0.3) is 0 Å². The van der Waals surface area contributed by atoms with E-state index in [1.165, 1.54) is 0 Å². The molecule has 0 saturated carbocycles. The van der Waals surface area contributed by atoms with Crippen LogP contribution in [0.1, 0.15) is 5.56 Å². The molecule has 0 fully saturated rings. The minimum atomic E-state index is -4.67. The highest BCUT2D eigenvalue weighted by molar-refractivity contribution is 7.79. The van der Waals surface area contributed by atoms with Crippen LogP contribution in [0.5, 0.6) is 0 Å². The van der Waals surface area contributed by atoms with Crippen LogP contribution in [0.15, 0.2) is 24.3 Å². The molecule has 0 atom stereocenters. The third kappa shape index (κ3) is 8.66. The van der Waals surface area contributed by atoms with Crippen molar-refractivity contribution in [2.45, 2.75) is 0 Å². The highest BCUT2D eigenvalue weighted by atomic mass is 32.3. The van der Waals surface area contributed by atoms with Gasteiger partial charge in [-0.15, -0.1) is 0 Å². The van der Waals surface area contributed by atoms with Crippen molar-refractivity contribution in [1.82, 2.24) is 0 Å². The number of nitriles is 1. The summed E-state index contributed by atoms with van der Waals surface area (Å²) in [4.78, 5) is 0. The molecule has 1 aromatic carbocycles. The number of nitrogens with zero attached hydrogens (tertiary/aromatic N) is 1. The zero-order valence-corrected chi connectivity index (χ0v) is 8.27. The van der Waals surface area contributed by atoms with Crippen molar-refractivity contribution in [1.29, 1.82) is 5.26 Å². The summed E-state index contributed by atoms with van der Waals surface area (Å²) >= 11 is 0. The molecule has 0 aliphatic carbocycles. The summed E-state index contributed by atoms with van der Waals surface area (Å²) in [5.74, 6) is 5.11. The normalized spacial score (nSPS) is 9.47. The summed E-state index contributed by atoms with van der Waals surface area (Å²) in [6, 6.07) is 8.91. The summed E-state index contributed by atoms with van der Waals surface area (Å²) in [6.45, 7) is 0. The van der Waals surface area contributed by atoms with Gasteiger partial charge >= 0.3 is 10.4 Å². The van der Waals surface area contributed by atoms with Gasteiger partial charge < -0.3 is 5.43 Å². The Morgan fingerprint density at radius 1 is 1.27 bits per heavy atom. The molecule has 1 rings (SSSR count). The number of nitrogen functional groups attached to an aromatic ring is 1. The fourth-order valence-electron chi connectivity index (χ4n) is 0.641. The van der Waals surface area contributed by atoms with Gasteiger partial charge in [0, 0.05) is 5.69 Å². The summed E-state index contributed by atoms with van der Waals surface area (Å²) in [5, 5.41) is 8.40. The van der Waals surface area contributed by atoms with Crippen LogP contribution in [0, 0.1) is 11.3 Å². The van der Waals surface area contributed by atoms with Crippen LogP contribution in [0.3, 0.4) is 0 Å². The first-order chi connectivity index (χ1) is 6.86. The van der Waals surface area contributed by atoms with Gasteiger partial charge in [-0.1, -0.05) is 0 Å². The van der Waals surface area contributed by atoms with E-state index in [4.69, 9.17) is 28.6 Å². The van der Waals surface area contributed by atoms with Crippen molar-refractivity contribution in [2.24, 2.45) is 5.84 Å². The molecule has 15 heavy (non-hydrogen) atoms. The van der Waals surface area contributed by atoms with E-state index in [2.05, 4.69) is 5.43 Å². The molecule has 0 amide bonds. The first kappa shape index (κ1) is 13.3. The maximum absolute atomic E-state index is 8.74. The van der Waals surface area contributed by atoms with E-state index in [9.17, 15) is 0 Å². The zero-order chi connectivity index (χ0) is 11.9. The Balaban J connectivity index is 0.000000336. The molecule has 0 spiro atoms. The zero-order valence-electron chi connectivity index (χ0n) is 7.45. The Labute approximate surface area is 86.7 Å². The maximum Gasteiger partial charge on any atom is 0.394 e. The lowest BCUT2D eigenvalue weighted by Crippen LogP contribution is -2.05. The minimum Gasteiger partial charge on any atom is -0.324 e. The van der Waals surface area contributed by atoms with Gasteiger partial charge in [0.25, 0.3) is 0 Å². The lowest BCUT2D eigenvalue weighted by molar-refractivity contribution is 0.381. The Kier molecular flexibility index (Phi) is 5.29. The van der Waals surface area contributed by atoms with Gasteiger partial charge in [0.15, 0.2) is 0 Å². The second-order valence-corrected chi connectivity index (χ2v) is 3.18. The number of nitrogens with two attached hydrogens (primary N) is 1. The Morgan fingerprint density at radius 2 is 1.67 bits per heavy atom. The van der Waals surface area contributed by atoms with Crippen molar-refractivity contribution in [3.63, 3.8) is 0 Å². The van der Waals surface area contributed by atoms with Gasteiger partial charge in [-0.05, 0) is 24.3 Å². The third-order valence-corrected chi connectivity index (χ3v) is 1.18. The number of rotatable bonds is 1. The van der Waals surface area contributed by atoms with Crippen LogP contribution in [-0.2, 0) is 10.4 Å². The largest absolute Gasteiger partial charge is 0.394 e. The molecule has 8 heteroatoms. The highest BCUT2D eigenvalue weighted by Crippen LogP contribution is 2.05. The van der Waals surface area contributed by atoms with Crippen molar-refractivity contribution < 1.29 is 17.5 Å². The van der Waals surface area contributed by atoms with E-state index in [1.54, 1.807) is 24.3 Å². The molecule has 1 aromatic rings. The van der Waals surface area contributed by atoms with Crippen LogP contribution in [0.4, 0.5) is 5.69 Å². The molecular formula is C7H9N3O4S. The molecule has 0 unspecified atom stereocenters. The lowest BCUT2D eigenvalue weighted by atomic mass is 10.2. The molecule has 0 radical (unpaired) electrons. The fourth-order valence-corrected chi connectivity index (χ4v) is 0.641. The summed E-state index contributed by atoms with van der Waals surface area (Å²) in [5.41, 5.74) is 3.91. The van der Waals surface area contributed by atoms with E-state index in [0.717, 1.165) is 5.69 Å². The Bertz CT molecular complexity index is 426. The number of hydrogen-bond donors (Lipinski definition) is 4. The van der Waals surface area contributed by atoms with Gasteiger partial charge in [0.2, 0.25) is 0 Å². The van der Waals surface area contributed by atoms with Gasteiger partial charge in [-0.2, -0.15) is 13.7 Å². The predicted octanol–water partition coefficient (Wildman–Crippen LogP) is 0.191. The number of anilines is 1. The van der Waals surface area contributed by atoms with E-state index in [-0.39, 0.29) is 0 Å². The smallest absolute Gasteiger partial charge is 0.324 e. The number of nitrogens with one attached hydrogen (secondary N) is 1. The molecule has 0 heterocycles. The van der Waals surface area contributed by atoms with Crippen molar-refractivity contribution >= 4 is 16.1 Å². The topological polar surface area (TPSA) is 136 Å². The number of hydrogen-bond acceptors (Lipinski definition) is 5. The second kappa shape index (κ2) is 5.94. The summed E-state index contributed by atoms with van der Waals surface area (Å²) in [7, 11) is -4.67. The average molecular weight is 231 g/mol. The number of benzene rings is 1. The average Bonchev–Trinajstić information content (AvgIpc) is 2.15. The molecular weight excluding hydrogens is 222 g/mol. The van der Waals surface area contributed by atoms with E-state index < -0.39 is 10.4 Å². The standard InChI is InChI=1S/C7H7N3.H2O4S/c8-5-6-1-3-7(10-9)4-2-6;1-5(2,3)4/h1-4,10H,9H2;(H2,1,2,3,4). The molecule has 0 aromatic heterocycles. The van der Waals surface area contributed by atoms with Gasteiger partial charge in [0.05, 0.1) is 11.6 Å². The number of hydrazine groups is 1. The molecule has 0 saturated heterocycles. The molecule has 7 nitrogen and oxygen atoms in total. The maximum atomic E-state index is 8.74. The van der Waals surface area contributed by atoms with Crippen LogP contribution >= 0.6 is 0 Å². The summed E-state index contributed by atoms with van der Waals surface area (Å²) in [6.07, 6.45) is 0. The predicted molar refractivity (Wildman–Crippen MR) is 53.1 cm³/mol. The molecule has 5 N–H and O–H groups in total. The summed E-state index contributed by atoms with van der Waals surface area (Å²) < 4.78 is 31.6. The quantitative estimate of drug-likeness (QED) is 0.307. The van der Waals surface area contributed by atoms with E-state index in [0.29, 0.717) is 5.56 Å². The van der Waals surface area contributed by atoms with Gasteiger partial charge in [-0.3, -0.25) is 14.9 Å². The third-order valence-electron chi connectivity index (χ3n) is 1.18. The van der Waals surface area contributed by atoms with E-state index >= 15 is 0 Å². The molecule has 0 aliphatic heterocycles. The van der Waals surface area contributed by atoms with Gasteiger partial charge in [0.1, 0.15) is 0 Å². The molecule has 0 aliphatic rings. The lowest BCUT2D eigenvalue weighted by Gasteiger charge is -1.96. The highest BCUT2D eigenvalue weighted by Gasteiger charge is 1.88. The first-order valence-electron chi connectivity index (χ1n) is 3.53. The van der Waals surface area contributed by atoms with Crippen LogP contribution < -0.4 is 11.3 Å². The fraction of sp³-hybridized carbons (Fsp3) is 0.